The van der Waals surface area contributed by atoms with Crippen molar-refractivity contribution < 1.29 is 9.47 Å². The molecular weight excluding hydrogens is 360 g/mol. The Bertz CT molecular complexity index is 958. The number of aromatic nitrogens is 2. The minimum Gasteiger partial charge on any atom is -0.497 e. The van der Waals surface area contributed by atoms with Crippen molar-refractivity contribution in [2.45, 2.75) is 5.41 Å². The second kappa shape index (κ2) is 8.15. The van der Waals surface area contributed by atoms with Crippen LogP contribution in [0.4, 0.5) is 0 Å². The monoisotopic (exact) mass is 382 g/mol. The van der Waals surface area contributed by atoms with Gasteiger partial charge in [0.05, 0.1) is 25.6 Å². The molecule has 0 amide bonds. The second-order valence-corrected chi connectivity index (χ2v) is 6.64. The van der Waals surface area contributed by atoms with Gasteiger partial charge >= 0.3 is 0 Å². The first-order chi connectivity index (χ1) is 14.3. The van der Waals surface area contributed by atoms with Crippen molar-refractivity contribution in [1.82, 2.24) is 9.97 Å². The first kappa shape index (κ1) is 18.7. The molecule has 0 aliphatic rings. The van der Waals surface area contributed by atoms with E-state index in [2.05, 4.69) is 24.3 Å². The van der Waals surface area contributed by atoms with E-state index >= 15 is 0 Å². The molecule has 144 valence electrons. The zero-order valence-corrected chi connectivity index (χ0v) is 16.4. The normalized spacial score (nSPS) is 11.1. The number of hydrogen-bond donors (Lipinski definition) is 0. The van der Waals surface area contributed by atoms with E-state index in [0.29, 0.717) is 0 Å². The second-order valence-electron chi connectivity index (χ2n) is 6.64. The average molecular weight is 382 g/mol. The quantitative estimate of drug-likeness (QED) is 0.477. The first-order valence-electron chi connectivity index (χ1n) is 9.41. The van der Waals surface area contributed by atoms with Crippen LogP contribution in [0.1, 0.15) is 22.5 Å². The highest BCUT2D eigenvalue weighted by atomic mass is 16.5. The number of benzene rings is 2. The van der Waals surface area contributed by atoms with E-state index in [1.54, 1.807) is 14.2 Å². The van der Waals surface area contributed by atoms with Gasteiger partial charge in [0.1, 0.15) is 16.9 Å². The van der Waals surface area contributed by atoms with Crippen LogP contribution in [0, 0.1) is 0 Å². The summed E-state index contributed by atoms with van der Waals surface area (Å²) in [6.45, 7) is 0. The fraction of sp³-hybridized carbons (Fsp3) is 0.120. The summed E-state index contributed by atoms with van der Waals surface area (Å²) in [4.78, 5) is 9.53. The molecule has 2 heterocycles. The van der Waals surface area contributed by atoms with Gasteiger partial charge in [-0.2, -0.15) is 0 Å². The van der Waals surface area contributed by atoms with E-state index in [0.717, 1.165) is 34.0 Å². The molecule has 0 fully saturated rings. The summed E-state index contributed by atoms with van der Waals surface area (Å²) in [5.41, 5.74) is 3.23. The third kappa shape index (κ3) is 3.34. The lowest BCUT2D eigenvalue weighted by atomic mass is 9.69. The molecule has 0 saturated carbocycles. The van der Waals surface area contributed by atoms with Gasteiger partial charge in [-0.3, -0.25) is 9.97 Å². The molecule has 29 heavy (non-hydrogen) atoms. The number of hydrogen-bond acceptors (Lipinski definition) is 4. The van der Waals surface area contributed by atoms with Crippen molar-refractivity contribution in [3.8, 4) is 11.5 Å². The maximum Gasteiger partial charge on any atom is 0.118 e. The minimum atomic E-state index is -0.680. The SMILES string of the molecule is COc1ccc(C(c2ccc(OC)cc2)(c2ccccn2)c2ccccn2)cc1. The van der Waals surface area contributed by atoms with Crippen LogP contribution in [0.5, 0.6) is 11.5 Å². The van der Waals surface area contributed by atoms with Gasteiger partial charge in [0, 0.05) is 12.4 Å². The predicted molar refractivity (Wildman–Crippen MR) is 113 cm³/mol. The summed E-state index contributed by atoms with van der Waals surface area (Å²) in [7, 11) is 3.34. The lowest BCUT2D eigenvalue weighted by molar-refractivity contribution is 0.414. The van der Waals surface area contributed by atoms with E-state index in [1.807, 2.05) is 73.1 Å². The van der Waals surface area contributed by atoms with Gasteiger partial charge in [0.2, 0.25) is 0 Å². The van der Waals surface area contributed by atoms with Crippen LogP contribution in [-0.2, 0) is 5.41 Å². The van der Waals surface area contributed by atoms with Crippen molar-refractivity contribution >= 4 is 0 Å². The van der Waals surface area contributed by atoms with E-state index in [9.17, 15) is 0 Å². The smallest absolute Gasteiger partial charge is 0.118 e. The lowest BCUT2D eigenvalue weighted by Gasteiger charge is -2.34. The molecule has 4 rings (SSSR count). The molecule has 0 bridgehead atoms. The zero-order chi connectivity index (χ0) is 20.1. The number of pyridine rings is 2. The molecule has 0 N–H and O–H groups in total. The van der Waals surface area contributed by atoms with Crippen LogP contribution in [0.15, 0.2) is 97.3 Å². The standard InChI is InChI=1S/C25H22N2O2/c1-28-21-13-9-19(10-14-21)25(23-7-3-5-17-26-23,24-8-4-6-18-27-24)20-11-15-22(29-2)16-12-20/h3-18H,1-2H3. The third-order valence-corrected chi connectivity index (χ3v) is 5.14. The number of methoxy groups -OCH3 is 2. The van der Waals surface area contributed by atoms with Gasteiger partial charge < -0.3 is 9.47 Å². The summed E-state index contributed by atoms with van der Waals surface area (Å²) >= 11 is 0. The average Bonchev–Trinajstić information content (AvgIpc) is 2.82. The molecular formula is C25H22N2O2. The predicted octanol–water partition coefficient (Wildman–Crippen LogP) is 4.88. The summed E-state index contributed by atoms with van der Waals surface area (Å²) in [6, 6.07) is 28.1. The molecule has 2 aromatic carbocycles. The highest BCUT2D eigenvalue weighted by Gasteiger charge is 2.41. The Morgan fingerprint density at radius 3 is 1.28 bits per heavy atom. The van der Waals surface area contributed by atoms with Crippen molar-refractivity contribution in [3.05, 3.63) is 120 Å². The summed E-state index contributed by atoms with van der Waals surface area (Å²) in [6.07, 6.45) is 3.64. The van der Waals surface area contributed by atoms with Crippen molar-refractivity contribution in [3.63, 3.8) is 0 Å². The van der Waals surface area contributed by atoms with Crippen molar-refractivity contribution in [2.75, 3.05) is 14.2 Å². The van der Waals surface area contributed by atoms with Crippen molar-refractivity contribution in [2.24, 2.45) is 0 Å². The molecule has 2 aromatic heterocycles. The van der Waals surface area contributed by atoms with Crippen LogP contribution in [0.25, 0.3) is 0 Å². The van der Waals surface area contributed by atoms with Crippen LogP contribution in [0.3, 0.4) is 0 Å². The highest BCUT2D eigenvalue weighted by molar-refractivity contribution is 5.57. The molecule has 4 heteroatoms. The third-order valence-electron chi connectivity index (χ3n) is 5.14. The van der Waals surface area contributed by atoms with Gasteiger partial charge in [-0.1, -0.05) is 36.4 Å². The van der Waals surface area contributed by atoms with Crippen LogP contribution >= 0.6 is 0 Å². The van der Waals surface area contributed by atoms with E-state index in [4.69, 9.17) is 19.4 Å². The summed E-state index contributed by atoms with van der Waals surface area (Å²) < 4.78 is 10.8. The maximum absolute atomic E-state index is 5.38. The Morgan fingerprint density at radius 2 is 0.966 bits per heavy atom. The summed E-state index contributed by atoms with van der Waals surface area (Å²) in [5.74, 6) is 1.61. The Labute approximate surface area is 170 Å². The van der Waals surface area contributed by atoms with Crippen LogP contribution < -0.4 is 9.47 Å². The molecule has 0 unspecified atom stereocenters. The van der Waals surface area contributed by atoms with E-state index < -0.39 is 5.41 Å². The number of ether oxygens (including phenoxy) is 2. The van der Waals surface area contributed by atoms with Crippen molar-refractivity contribution in [1.29, 1.82) is 0 Å². The zero-order valence-electron chi connectivity index (χ0n) is 16.4. The van der Waals surface area contributed by atoms with Gasteiger partial charge in [-0.05, 0) is 59.7 Å². The Morgan fingerprint density at radius 1 is 0.552 bits per heavy atom. The van der Waals surface area contributed by atoms with Gasteiger partial charge in [-0.25, -0.2) is 0 Å². The van der Waals surface area contributed by atoms with E-state index in [-0.39, 0.29) is 0 Å². The number of nitrogens with zero attached hydrogens (tertiary/aromatic N) is 2. The number of rotatable bonds is 6. The fourth-order valence-corrected chi connectivity index (χ4v) is 3.74. The Balaban J connectivity index is 2.06. The minimum absolute atomic E-state index is 0.680. The molecule has 4 aromatic rings. The van der Waals surface area contributed by atoms with Crippen LogP contribution in [0.2, 0.25) is 0 Å². The van der Waals surface area contributed by atoms with Crippen LogP contribution in [-0.4, -0.2) is 24.2 Å². The fourth-order valence-electron chi connectivity index (χ4n) is 3.74. The topological polar surface area (TPSA) is 44.2 Å². The maximum atomic E-state index is 5.38. The lowest BCUT2D eigenvalue weighted by Crippen LogP contribution is -2.33. The van der Waals surface area contributed by atoms with Gasteiger partial charge in [0.15, 0.2) is 0 Å². The first-order valence-corrected chi connectivity index (χ1v) is 9.41. The molecule has 4 nitrogen and oxygen atoms in total. The summed E-state index contributed by atoms with van der Waals surface area (Å²) in [5, 5.41) is 0. The largest absolute Gasteiger partial charge is 0.497 e. The molecule has 0 aliphatic heterocycles. The molecule has 0 saturated heterocycles. The molecule has 0 radical (unpaired) electrons. The molecule has 0 spiro atoms. The van der Waals surface area contributed by atoms with E-state index in [1.165, 1.54) is 0 Å². The Kier molecular flexibility index (Phi) is 5.25. The highest BCUT2D eigenvalue weighted by Crippen LogP contribution is 2.44. The van der Waals surface area contributed by atoms with Gasteiger partial charge in [0.25, 0.3) is 0 Å². The molecule has 0 atom stereocenters. The van der Waals surface area contributed by atoms with Gasteiger partial charge in [-0.15, -0.1) is 0 Å². The Hall–Kier alpha value is -3.66. The molecule has 0 aliphatic carbocycles.